The molecular weight excluding hydrogens is 348 g/mol. The van der Waals surface area contributed by atoms with Gasteiger partial charge in [0.15, 0.2) is 17.3 Å². The van der Waals surface area contributed by atoms with Gasteiger partial charge in [0.25, 0.3) is 0 Å². The van der Waals surface area contributed by atoms with Crippen LogP contribution in [0, 0.1) is 5.92 Å². The zero-order valence-electron chi connectivity index (χ0n) is 15.4. The SMILES string of the molecule is O=C(c1ccc2c(c1)OCCO2)C1CCN(C(=O)NCC2CCCO2)CC1. The van der Waals surface area contributed by atoms with E-state index in [0.29, 0.717) is 62.8 Å². The lowest BCUT2D eigenvalue weighted by atomic mass is 9.89. The van der Waals surface area contributed by atoms with Gasteiger partial charge in [-0.15, -0.1) is 0 Å². The third-order valence-electron chi connectivity index (χ3n) is 5.48. The third-order valence-corrected chi connectivity index (χ3v) is 5.48. The van der Waals surface area contributed by atoms with Crippen LogP contribution in [-0.2, 0) is 4.74 Å². The van der Waals surface area contributed by atoms with E-state index in [4.69, 9.17) is 14.2 Å². The second-order valence-corrected chi connectivity index (χ2v) is 7.31. The number of hydrogen-bond donors (Lipinski definition) is 1. The number of carbonyl (C=O) groups excluding carboxylic acids is 2. The van der Waals surface area contributed by atoms with E-state index in [0.717, 1.165) is 19.4 Å². The van der Waals surface area contributed by atoms with Gasteiger partial charge in [0.05, 0.1) is 6.10 Å². The first kappa shape index (κ1) is 18.1. The first-order chi connectivity index (χ1) is 13.2. The van der Waals surface area contributed by atoms with Gasteiger partial charge in [-0.05, 0) is 43.9 Å². The highest BCUT2D eigenvalue weighted by Gasteiger charge is 2.29. The van der Waals surface area contributed by atoms with Gasteiger partial charge in [-0.2, -0.15) is 0 Å². The summed E-state index contributed by atoms with van der Waals surface area (Å²) in [4.78, 5) is 26.9. The molecule has 1 aromatic rings. The first-order valence-corrected chi connectivity index (χ1v) is 9.79. The smallest absolute Gasteiger partial charge is 0.317 e. The number of hydrogen-bond acceptors (Lipinski definition) is 5. The van der Waals surface area contributed by atoms with Crippen molar-refractivity contribution in [3.63, 3.8) is 0 Å². The van der Waals surface area contributed by atoms with Crippen LogP contribution in [0.4, 0.5) is 4.79 Å². The normalized spacial score (nSPS) is 22.5. The number of ketones is 1. The molecule has 3 aliphatic heterocycles. The predicted octanol–water partition coefficient (Wildman–Crippen LogP) is 2.24. The van der Waals surface area contributed by atoms with Gasteiger partial charge in [0.1, 0.15) is 13.2 Å². The highest BCUT2D eigenvalue weighted by Crippen LogP contribution is 2.32. The van der Waals surface area contributed by atoms with Crippen molar-refractivity contribution in [1.29, 1.82) is 0 Å². The Labute approximate surface area is 158 Å². The standard InChI is InChI=1S/C20H26N2O5/c23-19(15-3-4-17-18(12-15)27-11-10-26-17)14-5-7-22(8-6-14)20(24)21-13-16-2-1-9-25-16/h3-4,12,14,16H,1-2,5-11,13H2,(H,21,24). The summed E-state index contributed by atoms with van der Waals surface area (Å²) in [5.41, 5.74) is 0.653. The van der Waals surface area contributed by atoms with Crippen molar-refractivity contribution in [2.24, 2.45) is 5.92 Å². The number of amides is 2. The molecular formula is C20H26N2O5. The zero-order valence-corrected chi connectivity index (χ0v) is 15.4. The van der Waals surface area contributed by atoms with Crippen molar-refractivity contribution in [2.45, 2.75) is 31.8 Å². The monoisotopic (exact) mass is 374 g/mol. The van der Waals surface area contributed by atoms with Crippen LogP contribution in [0.3, 0.4) is 0 Å². The minimum atomic E-state index is -0.0604. The molecule has 1 unspecified atom stereocenters. The van der Waals surface area contributed by atoms with Gasteiger partial charge in [0.2, 0.25) is 0 Å². The molecule has 7 nitrogen and oxygen atoms in total. The fourth-order valence-corrected chi connectivity index (χ4v) is 3.90. The minimum absolute atomic E-state index is 0.0595. The van der Waals surface area contributed by atoms with Crippen molar-refractivity contribution >= 4 is 11.8 Å². The van der Waals surface area contributed by atoms with Gasteiger partial charge < -0.3 is 24.4 Å². The number of ether oxygens (including phenoxy) is 3. The molecule has 0 spiro atoms. The largest absolute Gasteiger partial charge is 0.486 e. The van der Waals surface area contributed by atoms with E-state index < -0.39 is 0 Å². The lowest BCUT2D eigenvalue weighted by Gasteiger charge is -2.31. The highest BCUT2D eigenvalue weighted by atomic mass is 16.6. The van der Waals surface area contributed by atoms with Crippen LogP contribution >= 0.6 is 0 Å². The minimum Gasteiger partial charge on any atom is -0.486 e. The molecule has 27 heavy (non-hydrogen) atoms. The maximum absolute atomic E-state index is 12.8. The molecule has 0 aliphatic carbocycles. The number of piperidine rings is 1. The first-order valence-electron chi connectivity index (χ1n) is 9.79. The fraction of sp³-hybridized carbons (Fsp3) is 0.600. The lowest BCUT2D eigenvalue weighted by Crippen LogP contribution is -2.47. The van der Waals surface area contributed by atoms with E-state index >= 15 is 0 Å². The summed E-state index contributed by atoms with van der Waals surface area (Å²) >= 11 is 0. The molecule has 2 saturated heterocycles. The second-order valence-electron chi connectivity index (χ2n) is 7.31. The Morgan fingerprint density at radius 3 is 2.56 bits per heavy atom. The average molecular weight is 374 g/mol. The number of likely N-dealkylation sites (tertiary alicyclic amines) is 1. The van der Waals surface area contributed by atoms with Crippen LogP contribution in [0.1, 0.15) is 36.0 Å². The van der Waals surface area contributed by atoms with Gasteiger partial charge in [-0.3, -0.25) is 4.79 Å². The van der Waals surface area contributed by atoms with Gasteiger partial charge in [-0.25, -0.2) is 4.79 Å². The van der Waals surface area contributed by atoms with E-state index in [1.54, 1.807) is 23.1 Å². The molecule has 0 radical (unpaired) electrons. The summed E-state index contributed by atoms with van der Waals surface area (Å²) < 4.78 is 16.6. The van der Waals surface area contributed by atoms with Crippen molar-refractivity contribution in [3.05, 3.63) is 23.8 Å². The van der Waals surface area contributed by atoms with Crippen molar-refractivity contribution in [2.75, 3.05) is 39.5 Å². The van der Waals surface area contributed by atoms with Crippen molar-refractivity contribution < 1.29 is 23.8 Å². The van der Waals surface area contributed by atoms with E-state index in [1.807, 2.05) is 0 Å². The van der Waals surface area contributed by atoms with Crippen LogP contribution in [0.5, 0.6) is 11.5 Å². The second kappa shape index (κ2) is 8.17. The molecule has 0 aromatic heterocycles. The Balaban J connectivity index is 1.28. The molecule has 4 rings (SSSR count). The Morgan fingerprint density at radius 1 is 1.04 bits per heavy atom. The van der Waals surface area contributed by atoms with Crippen LogP contribution in [-0.4, -0.2) is 62.3 Å². The quantitative estimate of drug-likeness (QED) is 0.818. The Morgan fingerprint density at radius 2 is 1.81 bits per heavy atom. The van der Waals surface area contributed by atoms with Gasteiger partial charge in [-0.1, -0.05) is 0 Å². The molecule has 1 aromatic carbocycles. The Kier molecular flexibility index (Phi) is 5.48. The number of nitrogens with one attached hydrogen (secondary N) is 1. The number of nitrogens with zero attached hydrogens (tertiary/aromatic N) is 1. The topological polar surface area (TPSA) is 77.1 Å². The Hall–Kier alpha value is -2.28. The number of urea groups is 1. The van der Waals surface area contributed by atoms with Crippen LogP contribution in [0.15, 0.2) is 18.2 Å². The summed E-state index contributed by atoms with van der Waals surface area (Å²) in [5, 5.41) is 2.95. The van der Waals surface area contributed by atoms with Crippen LogP contribution in [0.2, 0.25) is 0 Å². The molecule has 1 N–H and O–H groups in total. The third kappa shape index (κ3) is 4.18. The molecule has 3 heterocycles. The maximum atomic E-state index is 12.8. The molecule has 0 bridgehead atoms. The molecule has 2 fully saturated rings. The molecule has 3 aliphatic rings. The molecule has 7 heteroatoms. The number of rotatable bonds is 4. The Bertz CT molecular complexity index is 694. The zero-order chi connectivity index (χ0) is 18.6. The number of Topliss-reactive ketones (excluding diaryl/α,β-unsaturated/α-hetero) is 1. The summed E-state index contributed by atoms with van der Waals surface area (Å²) in [5.74, 6) is 1.38. The van der Waals surface area contributed by atoms with E-state index in [-0.39, 0.29) is 23.8 Å². The van der Waals surface area contributed by atoms with E-state index in [2.05, 4.69) is 5.32 Å². The van der Waals surface area contributed by atoms with Crippen LogP contribution in [0.25, 0.3) is 0 Å². The van der Waals surface area contributed by atoms with Gasteiger partial charge >= 0.3 is 6.03 Å². The molecule has 2 amide bonds. The van der Waals surface area contributed by atoms with Gasteiger partial charge in [0, 0.05) is 37.7 Å². The van der Waals surface area contributed by atoms with E-state index in [9.17, 15) is 9.59 Å². The highest BCUT2D eigenvalue weighted by molar-refractivity contribution is 5.98. The summed E-state index contributed by atoms with van der Waals surface area (Å²) in [7, 11) is 0. The summed E-state index contributed by atoms with van der Waals surface area (Å²) in [6, 6.07) is 5.32. The van der Waals surface area contributed by atoms with Crippen molar-refractivity contribution in [1.82, 2.24) is 10.2 Å². The van der Waals surface area contributed by atoms with Crippen molar-refractivity contribution in [3.8, 4) is 11.5 Å². The maximum Gasteiger partial charge on any atom is 0.317 e. The molecule has 1 atom stereocenters. The summed E-state index contributed by atoms with van der Waals surface area (Å²) in [6.45, 7) is 3.58. The molecule has 0 saturated carbocycles. The number of fused-ring (bicyclic) bond motifs is 1. The number of carbonyl (C=O) groups is 2. The fourth-order valence-electron chi connectivity index (χ4n) is 3.90. The lowest BCUT2D eigenvalue weighted by molar-refractivity contribution is 0.0847. The molecule has 146 valence electrons. The predicted molar refractivity (Wildman–Crippen MR) is 98.4 cm³/mol. The average Bonchev–Trinajstić information content (AvgIpc) is 3.25. The summed E-state index contributed by atoms with van der Waals surface area (Å²) in [6.07, 6.45) is 3.57. The van der Waals surface area contributed by atoms with Crippen LogP contribution < -0.4 is 14.8 Å². The number of benzene rings is 1. The van der Waals surface area contributed by atoms with E-state index in [1.165, 1.54) is 0 Å².